The first-order valence-electron chi connectivity index (χ1n) is 10.2. The molecule has 7 heteroatoms. The zero-order valence-electron chi connectivity index (χ0n) is 16.8. The Kier molecular flexibility index (Phi) is 4.76. The summed E-state index contributed by atoms with van der Waals surface area (Å²) < 4.78 is 17.1. The highest BCUT2D eigenvalue weighted by Crippen LogP contribution is 2.42. The van der Waals surface area contributed by atoms with Gasteiger partial charge < -0.3 is 15.1 Å². The lowest BCUT2D eigenvalue weighted by Crippen LogP contribution is -2.44. The van der Waals surface area contributed by atoms with Crippen molar-refractivity contribution in [2.24, 2.45) is 0 Å². The number of benzene rings is 2. The topological polar surface area (TPSA) is 36.3 Å². The maximum absolute atomic E-state index is 15.2. The van der Waals surface area contributed by atoms with Crippen LogP contribution >= 0.6 is 11.6 Å². The Morgan fingerprint density at radius 2 is 1.97 bits per heavy atom. The predicted octanol–water partition coefficient (Wildman–Crippen LogP) is 4.59. The summed E-state index contributed by atoms with van der Waals surface area (Å²) in [5.41, 5.74) is 5.80. The third-order valence-electron chi connectivity index (χ3n) is 5.85. The van der Waals surface area contributed by atoms with Gasteiger partial charge in [0.15, 0.2) is 0 Å². The summed E-state index contributed by atoms with van der Waals surface area (Å²) in [7, 11) is 0. The van der Waals surface area contributed by atoms with Crippen molar-refractivity contribution < 1.29 is 4.39 Å². The van der Waals surface area contributed by atoms with E-state index in [-0.39, 0.29) is 5.82 Å². The van der Waals surface area contributed by atoms with Gasteiger partial charge in [0.1, 0.15) is 12.1 Å². The fraction of sp³-hybridized carbons (Fsp3) is 0.261. The van der Waals surface area contributed by atoms with Crippen LogP contribution in [0.5, 0.6) is 0 Å². The number of nitrogens with zero attached hydrogens (tertiary/aromatic N) is 4. The van der Waals surface area contributed by atoms with Crippen LogP contribution in [-0.2, 0) is 0 Å². The van der Waals surface area contributed by atoms with Crippen LogP contribution < -0.4 is 15.1 Å². The number of allylic oxidation sites excluding steroid dienone is 2. The SMILES string of the molecule is C=C1C(n2cnc3ccc(Cl)cc32)=CN(CC)c2cc(N3CCNCC3)c(F)cc21. The van der Waals surface area contributed by atoms with E-state index in [0.717, 1.165) is 66.3 Å². The molecule has 0 aliphatic carbocycles. The quantitative estimate of drug-likeness (QED) is 0.668. The summed E-state index contributed by atoms with van der Waals surface area (Å²) in [5, 5.41) is 3.96. The molecule has 3 aromatic rings. The van der Waals surface area contributed by atoms with E-state index in [1.807, 2.05) is 28.8 Å². The van der Waals surface area contributed by atoms with Gasteiger partial charge in [-0.15, -0.1) is 0 Å². The van der Waals surface area contributed by atoms with Gasteiger partial charge in [-0.25, -0.2) is 9.37 Å². The van der Waals surface area contributed by atoms with Crippen LogP contribution in [0.1, 0.15) is 12.5 Å². The van der Waals surface area contributed by atoms with Crippen molar-refractivity contribution in [3.63, 3.8) is 0 Å². The Balaban J connectivity index is 1.61. The van der Waals surface area contributed by atoms with Crippen molar-refractivity contribution in [1.82, 2.24) is 14.9 Å². The van der Waals surface area contributed by atoms with E-state index in [9.17, 15) is 0 Å². The number of aromatic nitrogens is 2. The lowest BCUT2D eigenvalue weighted by Gasteiger charge is -2.34. The number of nitrogens with one attached hydrogen (secondary N) is 1. The molecule has 2 aromatic carbocycles. The van der Waals surface area contributed by atoms with Gasteiger partial charge in [0.25, 0.3) is 0 Å². The number of piperazine rings is 1. The van der Waals surface area contributed by atoms with Crippen LogP contribution in [0.3, 0.4) is 0 Å². The zero-order valence-corrected chi connectivity index (χ0v) is 17.6. The smallest absolute Gasteiger partial charge is 0.147 e. The molecule has 1 N–H and O–H groups in total. The van der Waals surface area contributed by atoms with Gasteiger partial charge in [-0.3, -0.25) is 4.57 Å². The number of rotatable bonds is 3. The first-order valence-corrected chi connectivity index (χ1v) is 10.5. The molecule has 1 fully saturated rings. The fourth-order valence-electron chi connectivity index (χ4n) is 4.25. The van der Waals surface area contributed by atoms with Crippen LogP contribution in [-0.4, -0.2) is 42.3 Å². The zero-order chi connectivity index (χ0) is 20.8. The second-order valence-corrected chi connectivity index (χ2v) is 8.02. The third kappa shape index (κ3) is 3.07. The molecule has 0 bridgehead atoms. The van der Waals surface area contributed by atoms with Crippen LogP contribution in [0.4, 0.5) is 15.8 Å². The molecular formula is C23H23ClFN5. The van der Waals surface area contributed by atoms with Gasteiger partial charge in [-0.2, -0.15) is 0 Å². The van der Waals surface area contributed by atoms with Crippen molar-refractivity contribution in [3.05, 3.63) is 65.8 Å². The fourth-order valence-corrected chi connectivity index (χ4v) is 4.42. The molecule has 2 aliphatic heterocycles. The van der Waals surface area contributed by atoms with Crippen molar-refractivity contribution in [2.45, 2.75) is 6.92 Å². The molecular weight excluding hydrogens is 401 g/mol. The summed E-state index contributed by atoms with van der Waals surface area (Å²) in [6.45, 7) is 10.5. The van der Waals surface area contributed by atoms with E-state index in [1.54, 1.807) is 12.4 Å². The van der Waals surface area contributed by atoms with Crippen molar-refractivity contribution in [3.8, 4) is 0 Å². The second-order valence-electron chi connectivity index (χ2n) is 7.58. The van der Waals surface area contributed by atoms with Gasteiger partial charge in [0, 0.05) is 55.1 Å². The Labute approximate surface area is 180 Å². The maximum atomic E-state index is 15.2. The minimum atomic E-state index is -0.215. The largest absolute Gasteiger partial charge is 0.367 e. The minimum Gasteiger partial charge on any atom is -0.367 e. The average Bonchev–Trinajstić information content (AvgIpc) is 3.17. The Bertz CT molecular complexity index is 1180. The molecule has 3 heterocycles. The highest BCUT2D eigenvalue weighted by atomic mass is 35.5. The van der Waals surface area contributed by atoms with Crippen LogP contribution in [0.2, 0.25) is 5.02 Å². The highest BCUT2D eigenvalue weighted by Gasteiger charge is 2.26. The van der Waals surface area contributed by atoms with Crippen molar-refractivity contribution in [1.29, 1.82) is 0 Å². The molecule has 5 nitrogen and oxygen atoms in total. The molecule has 1 aromatic heterocycles. The van der Waals surface area contributed by atoms with E-state index < -0.39 is 0 Å². The second kappa shape index (κ2) is 7.45. The Morgan fingerprint density at radius 1 is 1.17 bits per heavy atom. The normalized spacial score (nSPS) is 16.8. The third-order valence-corrected chi connectivity index (χ3v) is 6.09. The van der Waals surface area contributed by atoms with Gasteiger partial charge in [0.2, 0.25) is 0 Å². The molecule has 0 saturated carbocycles. The van der Waals surface area contributed by atoms with E-state index in [1.165, 1.54) is 0 Å². The number of hydrogen-bond acceptors (Lipinski definition) is 4. The van der Waals surface area contributed by atoms with Gasteiger partial charge >= 0.3 is 0 Å². The van der Waals surface area contributed by atoms with E-state index >= 15 is 4.39 Å². The maximum Gasteiger partial charge on any atom is 0.147 e. The average molecular weight is 424 g/mol. The molecule has 2 aliphatic rings. The summed E-state index contributed by atoms with van der Waals surface area (Å²) >= 11 is 6.22. The highest BCUT2D eigenvalue weighted by molar-refractivity contribution is 6.31. The molecule has 5 rings (SSSR count). The Morgan fingerprint density at radius 3 is 2.73 bits per heavy atom. The van der Waals surface area contributed by atoms with Crippen LogP contribution in [0.25, 0.3) is 22.3 Å². The molecule has 0 atom stereocenters. The monoisotopic (exact) mass is 423 g/mol. The first-order chi connectivity index (χ1) is 14.6. The molecule has 0 radical (unpaired) electrons. The predicted molar refractivity (Wildman–Crippen MR) is 123 cm³/mol. The molecule has 154 valence electrons. The Hall–Kier alpha value is -2.83. The standard InChI is InChI=1S/C23H23ClFN5/c1-3-28-13-23(30-14-27-19-5-4-16(24)10-22(19)30)15(2)17-11-18(25)21(12-20(17)28)29-8-6-26-7-9-29/h4-5,10-14,26H,2-3,6-9H2,1H3. The van der Waals surface area contributed by atoms with E-state index in [0.29, 0.717) is 10.7 Å². The lowest BCUT2D eigenvalue weighted by molar-refractivity contribution is 0.566. The number of fused-ring (bicyclic) bond motifs is 2. The van der Waals surface area contributed by atoms with Crippen LogP contribution in [0.15, 0.2) is 49.4 Å². The number of imidazole rings is 1. The van der Waals surface area contributed by atoms with Gasteiger partial charge in [-0.05, 0) is 37.3 Å². The van der Waals surface area contributed by atoms with Crippen LogP contribution in [0, 0.1) is 5.82 Å². The van der Waals surface area contributed by atoms with Crippen molar-refractivity contribution in [2.75, 3.05) is 42.5 Å². The molecule has 1 saturated heterocycles. The summed E-state index contributed by atoms with van der Waals surface area (Å²) in [5.74, 6) is -0.215. The molecule has 0 unspecified atom stereocenters. The first kappa shape index (κ1) is 19.2. The lowest BCUT2D eigenvalue weighted by atomic mass is 9.97. The number of hydrogen-bond donors (Lipinski definition) is 1. The molecule has 30 heavy (non-hydrogen) atoms. The minimum absolute atomic E-state index is 0.215. The van der Waals surface area contributed by atoms with E-state index in [4.69, 9.17) is 11.6 Å². The van der Waals surface area contributed by atoms with Gasteiger partial charge in [-0.1, -0.05) is 18.2 Å². The summed E-state index contributed by atoms with van der Waals surface area (Å²) in [6.07, 6.45) is 3.83. The van der Waals surface area contributed by atoms with Gasteiger partial charge in [0.05, 0.1) is 28.1 Å². The molecule has 0 spiro atoms. The summed E-state index contributed by atoms with van der Waals surface area (Å²) in [4.78, 5) is 8.73. The number of anilines is 2. The summed E-state index contributed by atoms with van der Waals surface area (Å²) in [6, 6.07) is 9.19. The van der Waals surface area contributed by atoms with Crippen molar-refractivity contribution >= 4 is 45.3 Å². The van der Waals surface area contributed by atoms with E-state index in [2.05, 4.69) is 39.8 Å². The molecule has 0 amide bonds. The number of halogens is 2.